The Morgan fingerprint density at radius 1 is 0.558 bits per heavy atom. The molecule has 33 atom stereocenters. The van der Waals surface area contributed by atoms with Crippen molar-refractivity contribution in [2.75, 3.05) is 33.0 Å². The van der Waals surface area contributed by atoms with E-state index in [-0.39, 0.29) is 47.2 Å². The minimum atomic E-state index is -1.91. The van der Waals surface area contributed by atoms with Crippen LogP contribution in [0.5, 0.6) is 0 Å². The van der Waals surface area contributed by atoms with E-state index in [4.69, 9.17) is 47.4 Å². The van der Waals surface area contributed by atoms with Crippen molar-refractivity contribution in [3.05, 3.63) is 11.6 Å². The van der Waals surface area contributed by atoms with Crippen LogP contribution in [0.1, 0.15) is 113 Å². The maximum absolute atomic E-state index is 15.2. The lowest BCUT2D eigenvalue weighted by atomic mass is 9.33. The Morgan fingerprint density at radius 3 is 1.80 bits per heavy atom. The number of aliphatic hydroxyl groups excluding tert-OH is 16. The minimum Gasteiger partial charge on any atom is -0.432 e. The lowest BCUT2D eigenvalue weighted by Gasteiger charge is -2.71. The molecule has 86 heavy (non-hydrogen) atoms. The van der Waals surface area contributed by atoms with Crippen molar-refractivity contribution in [1.82, 2.24) is 0 Å². The number of carbonyl (C=O) groups excluding carboxylic acids is 1. The van der Waals surface area contributed by atoms with E-state index in [1.165, 1.54) is 12.5 Å². The number of hydrogen-bond donors (Lipinski definition) is 16. The Kier molecular flexibility index (Phi) is 19.4. The number of fused-ring (bicyclic) bond motifs is 7. The van der Waals surface area contributed by atoms with Gasteiger partial charge in [0.05, 0.1) is 50.7 Å². The summed E-state index contributed by atoms with van der Waals surface area (Å²) in [6.45, 7) is 12.0. The monoisotopic (exact) mass is 1240 g/mol. The van der Waals surface area contributed by atoms with Gasteiger partial charge in [0.1, 0.15) is 110 Å². The first-order valence-electron chi connectivity index (χ1n) is 30.8. The summed E-state index contributed by atoms with van der Waals surface area (Å²) in [5.74, 6) is -0.894. The first kappa shape index (κ1) is 67.1. The van der Waals surface area contributed by atoms with Crippen LogP contribution in [0.3, 0.4) is 0 Å². The van der Waals surface area contributed by atoms with Crippen molar-refractivity contribution >= 4 is 5.97 Å². The molecule has 0 aromatic rings. The summed E-state index contributed by atoms with van der Waals surface area (Å²) >= 11 is 0. The molecule has 10 rings (SSSR count). The maximum Gasteiger partial charge on any atom is 0.315 e. The molecule has 9 fully saturated rings. The summed E-state index contributed by atoms with van der Waals surface area (Å²) in [6, 6.07) is 0. The molecule has 0 aromatic heterocycles. The quantitative estimate of drug-likeness (QED) is 0.0454. The fourth-order valence-corrected chi connectivity index (χ4v) is 17.6. The molecule has 0 radical (unpaired) electrons. The Bertz CT molecular complexity index is 2380. The number of rotatable bonds is 14. The first-order chi connectivity index (χ1) is 40.4. The lowest BCUT2D eigenvalue weighted by Crippen LogP contribution is -2.67. The molecule has 2 unspecified atom stereocenters. The van der Waals surface area contributed by atoms with Gasteiger partial charge in [0, 0.05) is 5.41 Å². The molecule has 0 amide bonds. The van der Waals surface area contributed by atoms with Gasteiger partial charge in [-0.2, -0.15) is 0 Å². The number of esters is 1. The summed E-state index contributed by atoms with van der Waals surface area (Å²) in [4.78, 5) is 15.2. The molecule has 0 aromatic carbocycles. The molecule has 494 valence electrons. The van der Waals surface area contributed by atoms with Crippen LogP contribution >= 0.6 is 0 Å². The highest BCUT2D eigenvalue weighted by Gasteiger charge is 2.71. The average Bonchev–Trinajstić information content (AvgIpc) is 0.679. The lowest BCUT2D eigenvalue weighted by molar-refractivity contribution is -0.361. The molecule has 5 aliphatic heterocycles. The fraction of sp³-hybridized carbons (Fsp3) is 0.949. The molecule has 10 aliphatic rings. The van der Waals surface area contributed by atoms with E-state index < -0.39 is 196 Å². The molecule has 27 heteroatoms. The third-order valence-electron chi connectivity index (χ3n) is 23.2. The third kappa shape index (κ3) is 11.2. The first-order valence-corrected chi connectivity index (χ1v) is 30.8. The maximum atomic E-state index is 15.2. The van der Waals surface area contributed by atoms with Crippen LogP contribution < -0.4 is 0 Å². The second kappa shape index (κ2) is 24.9. The van der Waals surface area contributed by atoms with Gasteiger partial charge in [-0.05, 0) is 111 Å². The van der Waals surface area contributed by atoms with Crippen LogP contribution in [0.4, 0.5) is 0 Å². The standard InChI is InChI=1S/C59H96O27/c1-24-34(64)37(67)41(71)50(79-24)85-47-29(20-61)81-48(44(74)40(47)70)78-22-30-36(66)39(69)43(73)52(82-30)86-53(76)59-16-14-54(2,3)18-26(59)25-8-9-32-55(4)12-11-33(56(5,23-62)31(55)10-13-58(32,7)57(25,6)15-17-59)83-49-45(75)46(27(63)21-77-49)84-51-42(72)38(68)35(65)28(19-60)80-51/h8,24,26-52,60-75H,9-23H2,1-7H3/t24-,26-,27-,28+,29+,30+,31?,32?,33-,34-,35+,36+,37+,38-,39-,40+,41+,42+,43+,44+,45+,46-,47+,48+,49-,50-,51-,52-,55-,56-,57+,58+,59-/m0/s1. The van der Waals surface area contributed by atoms with Crippen molar-refractivity contribution in [2.24, 2.45) is 50.2 Å². The Hall–Kier alpha value is -1.79. The largest absolute Gasteiger partial charge is 0.432 e. The molecule has 5 saturated heterocycles. The van der Waals surface area contributed by atoms with Crippen LogP contribution in [0.2, 0.25) is 0 Å². The summed E-state index contributed by atoms with van der Waals surface area (Å²) in [5, 5.41) is 173. The summed E-state index contributed by atoms with van der Waals surface area (Å²) in [6.07, 6.45) is -31.0. The van der Waals surface area contributed by atoms with Gasteiger partial charge < -0.3 is 129 Å². The zero-order valence-electron chi connectivity index (χ0n) is 50.0. The number of carbonyl (C=O) groups is 1. The average molecular weight is 1240 g/mol. The Balaban J connectivity index is 0.821. The van der Waals surface area contributed by atoms with E-state index in [1.54, 1.807) is 0 Å². The van der Waals surface area contributed by atoms with E-state index in [1.807, 2.05) is 6.92 Å². The molecule has 5 heterocycles. The van der Waals surface area contributed by atoms with E-state index >= 15 is 4.79 Å². The SMILES string of the molecule is C[C@@H]1O[C@@H](O[C@H]2[C@H](O)[C@@H](O)[C@H](OC[C@H]3O[C@@H](OC(=O)[C@]45CCC(C)(C)C[C@H]4C4=CCC6[C@@]7(C)CC[C@H](O[C@@H]8OC[C@H](O)[C@H](O[C@@H]9O[C@H](CO)[C@@H](O)[C@H](O)[C@H]9O)[C@H]8O)[C@@](C)(CO)C7CC[C@@]6(C)[C@]4(C)CC5)[C@H](O)[C@@H](O)[C@@H]3O)O[C@@H]2CO)[C@H](O)[C@H](O)[C@H]1O. The van der Waals surface area contributed by atoms with Crippen LogP contribution in [-0.4, -0.2) is 274 Å². The Labute approximate surface area is 499 Å². The van der Waals surface area contributed by atoms with Crippen LogP contribution in [0.25, 0.3) is 0 Å². The van der Waals surface area contributed by atoms with Gasteiger partial charge in [0.2, 0.25) is 6.29 Å². The van der Waals surface area contributed by atoms with E-state index in [9.17, 15) is 81.7 Å². The molecule has 0 spiro atoms. The molecule has 4 saturated carbocycles. The third-order valence-corrected chi connectivity index (χ3v) is 23.2. The van der Waals surface area contributed by atoms with Crippen LogP contribution in [0.15, 0.2) is 11.6 Å². The number of hydrogen-bond acceptors (Lipinski definition) is 27. The van der Waals surface area contributed by atoms with Crippen molar-refractivity contribution in [1.29, 1.82) is 0 Å². The van der Waals surface area contributed by atoms with E-state index in [0.29, 0.717) is 57.8 Å². The molecule has 16 N–H and O–H groups in total. The zero-order chi connectivity index (χ0) is 62.7. The molecular formula is C59H96O27. The van der Waals surface area contributed by atoms with Crippen LogP contribution in [0, 0.1) is 50.2 Å². The highest BCUT2D eigenvalue weighted by molar-refractivity contribution is 5.79. The molecular weight excluding hydrogens is 1140 g/mol. The minimum absolute atomic E-state index is 0.0781. The summed E-state index contributed by atoms with van der Waals surface area (Å²) in [5.41, 5.74) is -1.99. The zero-order valence-corrected chi connectivity index (χ0v) is 50.0. The summed E-state index contributed by atoms with van der Waals surface area (Å²) < 4.78 is 58.8. The van der Waals surface area contributed by atoms with Crippen molar-refractivity contribution in [2.45, 2.75) is 266 Å². The fourth-order valence-electron chi connectivity index (χ4n) is 17.6. The number of aliphatic hydroxyl groups is 16. The predicted octanol–water partition coefficient (Wildman–Crippen LogP) is -3.57. The van der Waals surface area contributed by atoms with Crippen molar-refractivity contribution in [3.63, 3.8) is 0 Å². The second-order valence-corrected chi connectivity index (χ2v) is 28.5. The van der Waals surface area contributed by atoms with Crippen molar-refractivity contribution in [3.8, 4) is 0 Å². The predicted molar refractivity (Wildman–Crippen MR) is 289 cm³/mol. The van der Waals surface area contributed by atoms with Gasteiger partial charge in [0.15, 0.2) is 25.2 Å². The van der Waals surface area contributed by atoms with Gasteiger partial charge >= 0.3 is 5.97 Å². The van der Waals surface area contributed by atoms with Gasteiger partial charge in [-0.1, -0.05) is 53.2 Å². The van der Waals surface area contributed by atoms with E-state index in [2.05, 4.69) is 40.7 Å². The van der Waals surface area contributed by atoms with Gasteiger partial charge in [-0.15, -0.1) is 0 Å². The van der Waals surface area contributed by atoms with Gasteiger partial charge in [-0.25, -0.2) is 0 Å². The van der Waals surface area contributed by atoms with Crippen LogP contribution in [-0.2, 0) is 52.2 Å². The topological polar surface area (TPSA) is 433 Å². The highest BCUT2D eigenvalue weighted by Crippen LogP contribution is 2.76. The van der Waals surface area contributed by atoms with Crippen molar-refractivity contribution < 1.29 is 134 Å². The van der Waals surface area contributed by atoms with E-state index in [0.717, 1.165) is 6.42 Å². The molecule has 27 nitrogen and oxygen atoms in total. The number of ether oxygens (including phenoxy) is 10. The van der Waals surface area contributed by atoms with Gasteiger partial charge in [-0.3, -0.25) is 4.79 Å². The smallest absolute Gasteiger partial charge is 0.315 e. The number of allylic oxidation sites excluding steroid dienone is 2. The highest BCUT2D eigenvalue weighted by atomic mass is 16.8. The van der Waals surface area contributed by atoms with Gasteiger partial charge in [0.25, 0.3) is 0 Å². The summed E-state index contributed by atoms with van der Waals surface area (Å²) in [7, 11) is 0. The molecule has 0 bridgehead atoms. The molecule has 5 aliphatic carbocycles. The second-order valence-electron chi connectivity index (χ2n) is 28.5. The Morgan fingerprint density at radius 2 is 1.14 bits per heavy atom. The normalized spacial score (nSPS) is 54.8.